The molecule has 0 aliphatic carbocycles. The maximum absolute atomic E-state index is 12.5. The number of carbonyl (C=O) groups excluding carboxylic acids is 4. The monoisotopic (exact) mass is 458 g/mol. The van der Waals surface area contributed by atoms with Gasteiger partial charge in [0.05, 0.1) is 11.1 Å². The van der Waals surface area contributed by atoms with Crippen LogP contribution >= 0.6 is 0 Å². The van der Waals surface area contributed by atoms with Crippen molar-refractivity contribution in [1.82, 2.24) is 10.9 Å². The number of hydrogen-bond donors (Lipinski definition) is 2. The topological polar surface area (TPSA) is 111 Å². The van der Waals surface area contributed by atoms with Gasteiger partial charge in [0, 0.05) is 12.0 Å². The van der Waals surface area contributed by atoms with E-state index < -0.39 is 36.5 Å². The Hall–Kier alpha value is -4.46. The van der Waals surface area contributed by atoms with Gasteiger partial charge in [-0.2, -0.15) is 0 Å². The Morgan fingerprint density at radius 3 is 2.38 bits per heavy atom. The molecule has 1 aliphatic heterocycles. The lowest BCUT2D eigenvalue weighted by Crippen LogP contribution is -2.43. The van der Waals surface area contributed by atoms with Crippen molar-refractivity contribution in [2.45, 2.75) is 19.4 Å². The van der Waals surface area contributed by atoms with Crippen molar-refractivity contribution in [2.75, 3.05) is 6.61 Å². The van der Waals surface area contributed by atoms with Crippen LogP contribution in [0.15, 0.2) is 72.8 Å². The molecule has 1 aliphatic rings. The second kappa shape index (κ2) is 9.99. The van der Waals surface area contributed by atoms with Crippen molar-refractivity contribution < 1.29 is 28.7 Å². The van der Waals surface area contributed by atoms with Gasteiger partial charge in [0.15, 0.2) is 6.61 Å². The van der Waals surface area contributed by atoms with Crippen molar-refractivity contribution in [3.63, 3.8) is 0 Å². The molecule has 0 radical (unpaired) electrons. The van der Waals surface area contributed by atoms with E-state index in [4.69, 9.17) is 9.47 Å². The molecule has 1 unspecified atom stereocenters. The van der Waals surface area contributed by atoms with E-state index in [1.807, 2.05) is 37.3 Å². The molecule has 0 aromatic heterocycles. The molecule has 3 aromatic carbocycles. The highest BCUT2D eigenvalue weighted by Crippen LogP contribution is 2.31. The second-order valence-electron chi connectivity index (χ2n) is 7.83. The van der Waals surface area contributed by atoms with Crippen LogP contribution in [-0.2, 0) is 20.7 Å². The van der Waals surface area contributed by atoms with Gasteiger partial charge in [-0.25, -0.2) is 9.59 Å². The van der Waals surface area contributed by atoms with E-state index in [0.29, 0.717) is 23.1 Å². The van der Waals surface area contributed by atoms with Crippen molar-refractivity contribution in [3.05, 3.63) is 106 Å². The van der Waals surface area contributed by atoms with Gasteiger partial charge >= 0.3 is 11.9 Å². The third-order valence-electron chi connectivity index (χ3n) is 5.35. The fourth-order valence-corrected chi connectivity index (χ4v) is 3.53. The fraction of sp³-hybridized carbons (Fsp3) is 0.154. The smallest absolute Gasteiger partial charge is 0.339 e. The zero-order valence-corrected chi connectivity index (χ0v) is 18.4. The minimum atomic E-state index is -0.724. The number of cyclic esters (lactones) is 1. The number of esters is 2. The van der Waals surface area contributed by atoms with E-state index in [1.54, 1.807) is 30.3 Å². The summed E-state index contributed by atoms with van der Waals surface area (Å²) in [4.78, 5) is 48.9. The van der Waals surface area contributed by atoms with E-state index in [9.17, 15) is 19.2 Å². The highest BCUT2D eigenvalue weighted by molar-refractivity contribution is 5.97. The summed E-state index contributed by atoms with van der Waals surface area (Å²) >= 11 is 0. The minimum absolute atomic E-state index is 0.205. The summed E-state index contributed by atoms with van der Waals surface area (Å²) in [6.45, 7) is 1.31. The molecule has 1 heterocycles. The Labute approximate surface area is 195 Å². The largest absolute Gasteiger partial charge is 0.454 e. The van der Waals surface area contributed by atoms with Crippen LogP contribution < -0.4 is 10.9 Å². The van der Waals surface area contributed by atoms with Crippen LogP contribution in [0.3, 0.4) is 0 Å². The summed E-state index contributed by atoms with van der Waals surface area (Å²) < 4.78 is 10.6. The number of rotatable bonds is 5. The number of hydrogen-bond acceptors (Lipinski definition) is 6. The Morgan fingerprint density at radius 1 is 0.941 bits per heavy atom. The first-order valence-electron chi connectivity index (χ1n) is 10.6. The van der Waals surface area contributed by atoms with Crippen LogP contribution in [0.25, 0.3) is 0 Å². The van der Waals surface area contributed by atoms with Gasteiger partial charge in [0.25, 0.3) is 11.8 Å². The van der Waals surface area contributed by atoms with Crippen LogP contribution in [-0.4, -0.2) is 30.4 Å². The standard InChI is InChI=1S/C26H22N2O6/c1-16-7-9-18(10-8-16)24(30)28-27-23(29)15-33-25(31)19-11-12-21-20(13-19)14-22(34-26(21)32)17-5-3-2-4-6-17/h2-13,22H,14-15H2,1H3,(H,27,29)(H,28,30). The lowest BCUT2D eigenvalue weighted by atomic mass is 9.93. The Balaban J connectivity index is 1.33. The van der Waals surface area contributed by atoms with Gasteiger partial charge in [-0.3, -0.25) is 20.4 Å². The average molecular weight is 458 g/mol. The third-order valence-corrected chi connectivity index (χ3v) is 5.35. The first-order valence-corrected chi connectivity index (χ1v) is 10.6. The maximum atomic E-state index is 12.5. The normalized spacial score (nSPS) is 14.4. The summed E-state index contributed by atoms with van der Waals surface area (Å²) in [6.07, 6.45) is -0.0343. The Kier molecular flexibility index (Phi) is 6.68. The van der Waals surface area contributed by atoms with E-state index >= 15 is 0 Å². The number of benzene rings is 3. The molecule has 0 bridgehead atoms. The van der Waals surface area contributed by atoms with E-state index in [2.05, 4.69) is 10.9 Å². The molecular weight excluding hydrogens is 436 g/mol. The van der Waals surface area contributed by atoms with Crippen molar-refractivity contribution in [3.8, 4) is 0 Å². The molecule has 8 heteroatoms. The number of carbonyl (C=O) groups is 4. The maximum Gasteiger partial charge on any atom is 0.339 e. The lowest BCUT2D eigenvalue weighted by molar-refractivity contribution is -0.125. The Morgan fingerprint density at radius 2 is 1.65 bits per heavy atom. The van der Waals surface area contributed by atoms with E-state index in [0.717, 1.165) is 11.1 Å². The van der Waals surface area contributed by atoms with Gasteiger partial charge in [-0.1, -0.05) is 48.0 Å². The molecular formula is C26H22N2O6. The predicted molar refractivity (Wildman–Crippen MR) is 122 cm³/mol. The van der Waals surface area contributed by atoms with Crippen LogP contribution in [0, 0.1) is 6.92 Å². The molecule has 34 heavy (non-hydrogen) atoms. The molecule has 0 fully saturated rings. The van der Waals surface area contributed by atoms with Crippen LogP contribution in [0.2, 0.25) is 0 Å². The zero-order chi connectivity index (χ0) is 24.1. The number of fused-ring (bicyclic) bond motifs is 1. The van der Waals surface area contributed by atoms with E-state index in [-0.39, 0.29) is 5.56 Å². The average Bonchev–Trinajstić information content (AvgIpc) is 2.86. The predicted octanol–water partition coefficient (Wildman–Crippen LogP) is 3.07. The minimum Gasteiger partial charge on any atom is -0.454 e. The molecule has 1 atom stereocenters. The molecule has 172 valence electrons. The number of aryl methyl sites for hydroxylation is 1. The second-order valence-corrected chi connectivity index (χ2v) is 7.83. The number of hydrazine groups is 1. The zero-order valence-electron chi connectivity index (χ0n) is 18.4. The number of nitrogens with one attached hydrogen (secondary N) is 2. The van der Waals surface area contributed by atoms with Crippen molar-refractivity contribution >= 4 is 23.8 Å². The first kappa shape index (κ1) is 22.7. The van der Waals surface area contributed by atoms with Gasteiger partial charge < -0.3 is 9.47 Å². The molecule has 2 N–H and O–H groups in total. The third kappa shape index (κ3) is 5.29. The fourth-order valence-electron chi connectivity index (χ4n) is 3.53. The van der Waals surface area contributed by atoms with Crippen LogP contribution in [0.1, 0.15) is 53.9 Å². The van der Waals surface area contributed by atoms with E-state index in [1.165, 1.54) is 12.1 Å². The molecule has 3 aromatic rings. The molecule has 0 saturated heterocycles. The summed E-state index contributed by atoms with van der Waals surface area (Å²) in [5, 5.41) is 0. The quantitative estimate of drug-likeness (QED) is 0.449. The molecule has 0 saturated carbocycles. The van der Waals surface area contributed by atoms with Crippen molar-refractivity contribution in [1.29, 1.82) is 0 Å². The summed E-state index contributed by atoms with van der Waals surface area (Å²) in [5.74, 6) is -2.37. The van der Waals surface area contributed by atoms with Crippen LogP contribution in [0.5, 0.6) is 0 Å². The molecule has 8 nitrogen and oxygen atoms in total. The number of ether oxygens (including phenoxy) is 2. The van der Waals surface area contributed by atoms with Gasteiger partial charge in [0.1, 0.15) is 6.10 Å². The molecule has 4 rings (SSSR count). The highest BCUT2D eigenvalue weighted by Gasteiger charge is 2.28. The highest BCUT2D eigenvalue weighted by atomic mass is 16.5. The Bertz CT molecular complexity index is 1240. The summed E-state index contributed by atoms with van der Waals surface area (Å²) in [6, 6.07) is 20.7. The van der Waals surface area contributed by atoms with Crippen LogP contribution in [0.4, 0.5) is 0 Å². The van der Waals surface area contributed by atoms with Crippen molar-refractivity contribution in [2.24, 2.45) is 0 Å². The van der Waals surface area contributed by atoms with Gasteiger partial charge in [0.2, 0.25) is 0 Å². The summed E-state index contributed by atoms with van der Waals surface area (Å²) in [7, 11) is 0. The van der Waals surface area contributed by atoms with Gasteiger partial charge in [-0.15, -0.1) is 0 Å². The molecule has 0 spiro atoms. The molecule has 2 amide bonds. The number of amides is 2. The van der Waals surface area contributed by atoms with Gasteiger partial charge in [-0.05, 0) is 48.4 Å². The lowest BCUT2D eigenvalue weighted by Gasteiger charge is -2.25. The SMILES string of the molecule is Cc1ccc(C(=O)NNC(=O)COC(=O)c2ccc3c(c2)CC(c2ccccc2)OC3=O)cc1. The summed E-state index contributed by atoms with van der Waals surface area (Å²) in [5.41, 5.74) is 7.97. The first-order chi connectivity index (χ1) is 16.4.